The van der Waals surface area contributed by atoms with Gasteiger partial charge in [0.1, 0.15) is 11.5 Å². The van der Waals surface area contributed by atoms with E-state index in [-0.39, 0.29) is 43.7 Å². The second-order valence-electron chi connectivity index (χ2n) is 10.3. The summed E-state index contributed by atoms with van der Waals surface area (Å²) in [5.74, 6) is 0.645. The number of amides is 3. The summed E-state index contributed by atoms with van der Waals surface area (Å²) in [4.78, 5) is 36.1. The van der Waals surface area contributed by atoms with Gasteiger partial charge in [-0.1, -0.05) is 12.1 Å². The number of nitrogens with one attached hydrogen (secondary N) is 1. The number of nitrogens with zero attached hydrogens (tertiary/aromatic N) is 7. The van der Waals surface area contributed by atoms with Gasteiger partial charge in [-0.05, 0) is 19.4 Å². The lowest BCUT2D eigenvalue weighted by molar-refractivity contribution is -0.136. The largest absolute Gasteiger partial charge is 0.394 e. The molecule has 214 valence electrons. The second kappa shape index (κ2) is 13.7. The number of morpholine rings is 1. The van der Waals surface area contributed by atoms with Gasteiger partial charge in [0.25, 0.3) is 0 Å². The van der Waals surface area contributed by atoms with Crippen LogP contribution in [0.2, 0.25) is 0 Å². The van der Waals surface area contributed by atoms with E-state index in [9.17, 15) is 14.7 Å². The molecule has 2 aliphatic rings. The van der Waals surface area contributed by atoms with Crippen molar-refractivity contribution in [3.05, 3.63) is 30.2 Å². The van der Waals surface area contributed by atoms with Crippen molar-refractivity contribution < 1.29 is 24.2 Å². The fourth-order valence-corrected chi connectivity index (χ4v) is 4.73. The Balaban J connectivity index is 1.45. The molecule has 0 spiro atoms. The highest BCUT2D eigenvalue weighted by molar-refractivity contribution is 5.89. The average molecular weight is 545 g/mol. The van der Waals surface area contributed by atoms with Crippen LogP contribution in [-0.4, -0.2) is 112 Å². The summed E-state index contributed by atoms with van der Waals surface area (Å²) < 4.78 is 13.4. The van der Waals surface area contributed by atoms with Crippen molar-refractivity contribution in [2.24, 2.45) is 5.92 Å². The van der Waals surface area contributed by atoms with Crippen molar-refractivity contribution in [1.82, 2.24) is 29.8 Å². The Hall–Kier alpha value is -3.29. The Morgan fingerprint density at radius 3 is 2.87 bits per heavy atom. The first-order valence-electron chi connectivity index (χ1n) is 13.6. The molecule has 4 heterocycles. The summed E-state index contributed by atoms with van der Waals surface area (Å²) >= 11 is 0. The number of anilines is 2. The van der Waals surface area contributed by atoms with Gasteiger partial charge in [0.15, 0.2) is 0 Å². The Morgan fingerprint density at radius 2 is 2.10 bits per heavy atom. The van der Waals surface area contributed by atoms with Crippen LogP contribution in [-0.2, 0) is 27.4 Å². The molecule has 0 saturated carbocycles. The number of urea groups is 1. The van der Waals surface area contributed by atoms with Crippen LogP contribution in [0.4, 0.5) is 16.3 Å². The number of aliphatic hydroxyl groups excluding tert-OH is 1. The number of carbonyl (C=O) groups excluding carboxylic acids is 2. The zero-order valence-corrected chi connectivity index (χ0v) is 23.0. The summed E-state index contributed by atoms with van der Waals surface area (Å²) in [6.45, 7) is 8.01. The van der Waals surface area contributed by atoms with Gasteiger partial charge in [0.2, 0.25) is 5.91 Å². The number of carbonyl (C=O) groups is 2. The number of hydrogen-bond acceptors (Lipinski definition) is 9. The third-order valence-corrected chi connectivity index (χ3v) is 7.18. The highest BCUT2D eigenvalue weighted by Crippen LogP contribution is 2.20. The Kier molecular flexibility index (Phi) is 10.1. The van der Waals surface area contributed by atoms with Crippen LogP contribution in [0.25, 0.3) is 0 Å². The van der Waals surface area contributed by atoms with Gasteiger partial charge in [-0.3, -0.25) is 9.48 Å². The molecular formula is C26H40N8O5. The number of likely N-dealkylation sites (N-methyl/N-ethyl adjacent to an activating group) is 1. The highest BCUT2D eigenvalue weighted by atomic mass is 16.5. The van der Waals surface area contributed by atoms with E-state index in [1.54, 1.807) is 33.8 Å². The third-order valence-electron chi connectivity index (χ3n) is 7.18. The smallest absolute Gasteiger partial charge is 0.321 e. The molecule has 0 unspecified atom stereocenters. The quantitative estimate of drug-likeness (QED) is 0.549. The molecular weight excluding hydrogens is 504 g/mol. The van der Waals surface area contributed by atoms with E-state index in [1.807, 2.05) is 26.1 Å². The van der Waals surface area contributed by atoms with E-state index in [2.05, 4.69) is 25.5 Å². The lowest BCUT2D eigenvalue weighted by atomic mass is 10.0. The number of pyridine rings is 1. The van der Waals surface area contributed by atoms with Crippen LogP contribution < -0.4 is 10.2 Å². The van der Waals surface area contributed by atoms with Crippen molar-refractivity contribution in [3.63, 3.8) is 0 Å². The number of fused-ring (bicyclic) bond motifs is 2. The van der Waals surface area contributed by atoms with Gasteiger partial charge in [-0.15, -0.1) is 5.10 Å². The Labute approximate surface area is 229 Å². The molecule has 0 aromatic carbocycles. The highest BCUT2D eigenvalue weighted by Gasteiger charge is 2.29. The minimum Gasteiger partial charge on any atom is -0.394 e. The number of ether oxygens (including phenoxy) is 2. The molecule has 4 rings (SSSR count). The number of hydrogen-bond donors (Lipinski definition) is 2. The molecule has 0 radical (unpaired) electrons. The zero-order valence-electron chi connectivity index (χ0n) is 23.0. The van der Waals surface area contributed by atoms with Gasteiger partial charge in [-0.2, -0.15) is 0 Å². The molecule has 3 amide bonds. The number of rotatable bonds is 6. The summed E-state index contributed by atoms with van der Waals surface area (Å²) in [5.41, 5.74) is 1.34. The molecule has 2 bridgehead atoms. The zero-order chi connectivity index (χ0) is 27.8. The van der Waals surface area contributed by atoms with Crippen LogP contribution in [0, 0.1) is 5.92 Å². The van der Waals surface area contributed by atoms with E-state index in [4.69, 9.17) is 9.47 Å². The van der Waals surface area contributed by atoms with E-state index >= 15 is 0 Å². The second-order valence-corrected chi connectivity index (χ2v) is 10.3. The first-order chi connectivity index (χ1) is 18.8. The van der Waals surface area contributed by atoms with Gasteiger partial charge >= 0.3 is 6.03 Å². The standard InChI is InChI=1S/C26H40N8O5/c1-19-14-34(20(2)17-35)25(36)5-4-8-33-15-22(29-30-33)18-39-23(19)16-31(3)26(37)28-21-6-7-27-24(13-21)32-9-11-38-12-10-32/h6-7,13,15,19-20,23,35H,4-5,8-12,14,16-18H2,1-3H3,(H,27,28,37)/t19-,20-,23+/m0/s1. The van der Waals surface area contributed by atoms with E-state index < -0.39 is 6.10 Å². The molecule has 1 fully saturated rings. The van der Waals surface area contributed by atoms with Crippen molar-refractivity contribution in [2.75, 3.05) is 63.3 Å². The van der Waals surface area contributed by atoms with Crippen molar-refractivity contribution in [3.8, 4) is 0 Å². The van der Waals surface area contributed by atoms with Gasteiger partial charge < -0.3 is 34.6 Å². The molecule has 13 heteroatoms. The number of aliphatic hydroxyl groups is 1. The van der Waals surface area contributed by atoms with Gasteiger partial charge in [0.05, 0.1) is 44.8 Å². The molecule has 3 atom stereocenters. The minimum atomic E-state index is -0.394. The van der Waals surface area contributed by atoms with Crippen LogP contribution >= 0.6 is 0 Å². The van der Waals surface area contributed by atoms with E-state index in [0.29, 0.717) is 50.5 Å². The molecule has 2 aromatic rings. The SMILES string of the molecule is C[C@H]1CN([C@@H](C)CO)C(=O)CCCn2cc(nn2)CO[C@@H]1CN(C)C(=O)Nc1ccnc(N2CCOCC2)c1. The number of aromatic nitrogens is 4. The summed E-state index contributed by atoms with van der Waals surface area (Å²) in [6.07, 6.45) is 4.08. The normalized spacial score (nSPS) is 21.9. The van der Waals surface area contributed by atoms with Crippen LogP contribution in [0.1, 0.15) is 32.4 Å². The lowest BCUT2D eigenvalue weighted by Crippen LogP contribution is -2.48. The number of aryl methyl sites for hydroxylation is 1. The maximum absolute atomic E-state index is 13.2. The first-order valence-corrected chi connectivity index (χ1v) is 13.6. The molecule has 2 aromatic heterocycles. The summed E-state index contributed by atoms with van der Waals surface area (Å²) in [7, 11) is 1.71. The minimum absolute atomic E-state index is 0.0263. The third kappa shape index (κ3) is 7.87. The predicted octanol–water partition coefficient (Wildman–Crippen LogP) is 1.20. The Bertz CT molecular complexity index is 1090. The molecule has 39 heavy (non-hydrogen) atoms. The van der Waals surface area contributed by atoms with Gasteiger partial charge in [-0.25, -0.2) is 9.78 Å². The van der Waals surface area contributed by atoms with Crippen LogP contribution in [0.3, 0.4) is 0 Å². The first kappa shape index (κ1) is 28.7. The molecule has 0 aliphatic carbocycles. The maximum atomic E-state index is 13.2. The van der Waals surface area contributed by atoms with Crippen molar-refractivity contribution >= 4 is 23.4 Å². The lowest BCUT2D eigenvalue weighted by Gasteiger charge is -2.35. The van der Waals surface area contributed by atoms with Gasteiger partial charge in [0, 0.05) is 70.1 Å². The molecule has 2 aliphatic heterocycles. The average Bonchev–Trinajstić information content (AvgIpc) is 3.41. The van der Waals surface area contributed by atoms with Crippen LogP contribution in [0.5, 0.6) is 0 Å². The van der Waals surface area contributed by atoms with Crippen molar-refractivity contribution in [2.45, 2.75) is 52.0 Å². The van der Waals surface area contributed by atoms with Crippen molar-refractivity contribution in [1.29, 1.82) is 0 Å². The summed E-state index contributed by atoms with van der Waals surface area (Å²) in [5, 5.41) is 21.1. The van der Waals surface area contributed by atoms with E-state index in [1.165, 1.54) is 0 Å². The molecule has 13 nitrogen and oxygen atoms in total. The summed E-state index contributed by atoms with van der Waals surface area (Å²) in [6, 6.07) is 3.02. The Morgan fingerprint density at radius 1 is 1.31 bits per heavy atom. The monoisotopic (exact) mass is 544 g/mol. The fourth-order valence-electron chi connectivity index (χ4n) is 4.73. The predicted molar refractivity (Wildman–Crippen MR) is 144 cm³/mol. The molecule has 2 N–H and O–H groups in total. The van der Waals surface area contributed by atoms with E-state index in [0.717, 1.165) is 18.9 Å². The topological polar surface area (TPSA) is 138 Å². The fraction of sp³-hybridized carbons (Fsp3) is 0.654. The maximum Gasteiger partial charge on any atom is 0.321 e. The van der Waals surface area contributed by atoms with Crippen LogP contribution in [0.15, 0.2) is 24.5 Å². The molecule has 1 saturated heterocycles.